The highest BCUT2D eigenvalue weighted by molar-refractivity contribution is 6.09. The van der Waals surface area contributed by atoms with Crippen molar-refractivity contribution < 1.29 is 18.9 Å². The number of methoxy groups -OCH3 is 1. The first-order valence-electron chi connectivity index (χ1n) is 21.2. The second kappa shape index (κ2) is 16.5. The fourth-order valence-corrected chi connectivity index (χ4v) is 9.37. The molecule has 0 fully saturated rings. The van der Waals surface area contributed by atoms with Crippen molar-refractivity contribution in [3.63, 3.8) is 0 Å². The van der Waals surface area contributed by atoms with Crippen LogP contribution in [0.5, 0.6) is 23.0 Å². The Hall–Kier alpha value is -5.48. The summed E-state index contributed by atoms with van der Waals surface area (Å²) >= 11 is 0. The maximum absolute atomic E-state index is 7.71. The van der Waals surface area contributed by atoms with E-state index >= 15 is 0 Å². The first-order valence-corrected chi connectivity index (χ1v) is 21.2. The van der Waals surface area contributed by atoms with Crippen molar-refractivity contribution in [3.05, 3.63) is 149 Å². The zero-order chi connectivity index (χ0) is 39.4. The molecule has 4 nitrogen and oxygen atoms in total. The topological polar surface area (TPSA) is 36.9 Å². The minimum atomic E-state index is -0.901. The van der Waals surface area contributed by atoms with Crippen molar-refractivity contribution in [2.75, 3.05) is 20.3 Å². The summed E-state index contributed by atoms with van der Waals surface area (Å²) in [5.41, 5.74) is 10.1. The number of fused-ring (bicyclic) bond motifs is 8. The lowest BCUT2D eigenvalue weighted by Gasteiger charge is -2.40. The Bertz CT molecular complexity index is 2300. The van der Waals surface area contributed by atoms with Gasteiger partial charge in [-0.1, -0.05) is 126 Å². The molecule has 0 atom stereocenters. The van der Waals surface area contributed by atoms with Crippen LogP contribution in [0, 0.1) is 0 Å². The number of benzene rings is 6. The van der Waals surface area contributed by atoms with Gasteiger partial charge in [0.1, 0.15) is 23.0 Å². The van der Waals surface area contributed by atoms with Crippen LogP contribution < -0.4 is 18.9 Å². The number of ether oxygens (including phenoxy) is 4. The molecule has 8 rings (SSSR count). The van der Waals surface area contributed by atoms with Crippen molar-refractivity contribution in [1.29, 1.82) is 0 Å². The Morgan fingerprint density at radius 2 is 1.19 bits per heavy atom. The average Bonchev–Trinajstić information content (AvgIpc) is 3.53. The summed E-state index contributed by atoms with van der Waals surface area (Å²) in [6, 6.07) is 41.5. The Kier molecular flexibility index (Phi) is 11.1. The van der Waals surface area contributed by atoms with E-state index in [4.69, 9.17) is 18.9 Å². The molecule has 6 aromatic rings. The van der Waals surface area contributed by atoms with E-state index in [-0.39, 0.29) is 5.41 Å². The predicted molar refractivity (Wildman–Crippen MR) is 236 cm³/mol. The fourth-order valence-electron chi connectivity index (χ4n) is 9.37. The second-order valence-corrected chi connectivity index (χ2v) is 15.7. The zero-order valence-corrected chi connectivity index (χ0v) is 34.3. The van der Waals surface area contributed by atoms with E-state index in [9.17, 15) is 0 Å². The van der Waals surface area contributed by atoms with Crippen LogP contribution in [-0.4, -0.2) is 20.3 Å². The summed E-state index contributed by atoms with van der Waals surface area (Å²) in [5.74, 6) is 3.49. The summed E-state index contributed by atoms with van der Waals surface area (Å²) < 4.78 is 25.9. The lowest BCUT2D eigenvalue weighted by molar-refractivity contribution is 0.163. The molecule has 1 aliphatic carbocycles. The fraction of sp³-hybridized carbons (Fsp3) is 0.321. The van der Waals surface area contributed by atoms with Crippen LogP contribution in [0.4, 0.5) is 0 Å². The Morgan fingerprint density at radius 1 is 0.579 bits per heavy atom. The summed E-state index contributed by atoms with van der Waals surface area (Å²) in [7, 11) is 1.76. The summed E-state index contributed by atoms with van der Waals surface area (Å²) in [6.45, 7) is 10.4. The number of hydrogen-bond donors (Lipinski definition) is 0. The smallest absolute Gasteiger partial charge is 0.178 e. The molecule has 6 aromatic carbocycles. The molecule has 0 saturated heterocycles. The van der Waals surface area contributed by atoms with E-state index in [1.807, 2.05) is 0 Å². The first-order chi connectivity index (χ1) is 28.0. The normalized spacial score (nSPS) is 14.4. The minimum absolute atomic E-state index is 0.192. The zero-order valence-electron chi connectivity index (χ0n) is 34.3. The van der Waals surface area contributed by atoms with Gasteiger partial charge in [0.25, 0.3) is 0 Å². The first kappa shape index (κ1) is 38.4. The van der Waals surface area contributed by atoms with Crippen LogP contribution in [0.3, 0.4) is 0 Å². The molecule has 0 spiro atoms. The monoisotopic (exact) mass is 756 g/mol. The van der Waals surface area contributed by atoms with E-state index in [1.165, 1.54) is 38.9 Å². The molecular weight excluding hydrogens is 701 g/mol. The van der Waals surface area contributed by atoms with Crippen LogP contribution in [0.15, 0.2) is 121 Å². The van der Waals surface area contributed by atoms with Gasteiger partial charge in [-0.3, -0.25) is 0 Å². The third-order valence-electron chi connectivity index (χ3n) is 12.1. The molecule has 0 N–H and O–H groups in total. The highest BCUT2D eigenvalue weighted by Gasteiger charge is 2.48. The maximum atomic E-state index is 7.71. The Labute approximate surface area is 339 Å². The summed E-state index contributed by atoms with van der Waals surface area (Å²) in [5, 5.41) is 2.24. The molecule has 0 bridgehead atoms. The van der Waals surface area contributed by atoms with Crippen LogP contribution in [0.25, 0.3) is 39.1 Å². The van der Waals surface area contributed by atoms with Gasteiger partial charge in [-0.15, -0.1) is 0 Å². The van der Waals surface area contributed by atoms with Gasteiger partial charge < -0.3 is 18.9 Å². The average molecular weight is 757 g/mol. The Morgan fingerprint density at radius 3 is 1.77 bits per heavy atom. The van der Waals surface area contributed by atoms with Gasteiger partial charge in [0, 0.05) is 27.5 Å². The van der Waals surface area contributed by atoms with Gasteiger partial charge in [-0.2, -0.15) is 0 Å². The van der Waals surface area contributed by atoms with Gasteiger partial charge >= 0.3 is 0 Å². The lowest BCUT2D eigenvalue weighted by Crippen LogP contribution is -2.35. The van der Waals surface area contributed by atoms with Crippen LogP contribution >= 0.6 is 0 Å². The second-order valence-electron chi connectivity index (χ2n) is 15.7. The molecule has 2 aliphatic rings. The minimum Gasteiger partial charge on any atom is -0.497 e. The summed E-state index contributed by atoms with van der Waals surface area (Å²) in [6.07, 6.45) is 13.1. The van der Waals surface area contributed by atoms with Gasteiger partial charge in [0.05, 0.1) is 20.3 Å². The van der Waals surface area contributed by atoms with E-state index in [0.717, 1.165) is 96.3 Å². The molecule has 0 amide bonds. The van der Waals surface area contributed by atoms with Gasteiger partial charge in [-0.25, -0.2) is 0 Å². The standard InChI is InChI=1S/C53H56O4/c1-6-10-33-55-41-22-18-39(19-23-41)53(40-20-24-42(25-21-40)56-34-11-7-2)32-29-46-50-49(47-36-43(54-5)26-28-44(47)51(46)57-53)45-27-17-38(37-15-13-12-14-16-37)35-48(45)52(50,30-8-3)31-9-4/h12-29,32,35-36H,6-11,30-31,33-34H2,1-5H3. The van der Waals surface area contributed by atoms with Gasteiger partial charge in [0.2, 0.25) is 0 Å². The van der Waals surface area contributed by atoms with Crippen molar-refractivity contribution in [2.24, 2.45) is 0 Å². The Balaban J connectivity index is 1.36. The van der Waals surface area contributed by atoms with Crippen molar-refractivity contribution in [2.45, 2.75) is 90.1 Å². The predicted octanol–water partition coefficient (Wildman–Crippen LogP) is 14.1. The maximum Gasteiger partial charge on any atom is 0.178 e. The lowest BCUT2D eigenvalue weighted by atomic mass is 9.69. The van der Waals surface area contributed by atoms with E-state index in [0.29, 0.717) is 13.2 Å². The SMILES string of the molecule is CCCCOc1ccc(C2(c3ccc(OCCCC)cc3)C=Cc3c4c(c5cc(OC)ccc5c3O2)-c2ccc(-c3ccccc3)cc2C4(CCC)CCC)cc1. The van der Waals surface area contributed by atoms with E-state index in [2.05, 4.69) is 155 Å². The third-order valence-corrected chi connectivity index (χ3v) is 12.1. The number of unbranched alkanes of at least 4 members (excludes halogenated alkanes) is 2. The third kappa shape index (κ3) is 6.88. The van der Waals surface area contributed by atoms with Crippen molar-refractivity contribution in [1.82, 2.24) is 0 Å². The highest BCUT2D eigenvalue weighted by atomic mass is 16.5. The van der Waals surface area contributed by atoms with E-state index < -0.39 is 5.60 Å². The van der Waals surface area contributed by atoms with Crippen molar-refractivity contribution >= 4 is 16.8 Å². The molecule has 0 unspecified atom stereocenters. The molecule has 292 valence electrons. The number of rotatable bonds is 16. The van der Waals surface area contributed by atoms with Crippen LogP contribution in [0.2, 0.25) is 0 Å². The van der Waals surface area contributed by atoms with Gasteiger partial charge in [0.15, 0.2) is 5.60 Å². The highest BCUT2D eigenvalue weighted by Crippen LogP contribution is 2.61. The molecule has 0 radical (unpaired) electrons. The van der Waals surface area contributed by atoms with Crippen molar-refractivity contribution in [3.8, 4) is 45.3 Å². The molecule has 1 heterocycles. The van der Waals surface area contributed by atoms with Gasteiger partial charge in [-0.05, 0) is 119 Å². The molecular formula is C53H56O4. The quantitative estimate of drug-likeness (QED) is 0.0922. The molecule has 4 heteroatoms. The largest absolute Gasteiger partial charge is 0.497 e. The van der Waals surface area contributed by atoms with Crippen LogP contribution in [-0.2, 0) is 11.0 Å². The number of hydrogen-bond acceptors (Lipinski definition) is 4. The molecule has 57 heavy (non-hydrogen) atoms. The molecule has 1 aliphatic heterocycles. The van der Waals surface area contributed by atoms with Crippen LogP contribution in [0.1, 0.15) is 107 Å². The van der Waals surface area contributed by atoms with E-state index in [1.54, 1.807) is 7.11 Å². The molecule has 0 aromatic heterocycles. The molecule has 0 saturated carbocycles. The summed E-state index contributed by atoms with van der Waals surface area (Å²) in [4.78, 5) is 0.